The number of anilines is 2. The summed E-state index contributed by atoms with van der Waals surface area (Å²) in [4.78, 5) is 27.8. The highest BCUT2D eigenvalue weighted by Gasteiger charge is 2.39. The zero-order valence-electron chi connectivity index (χ0n) is 13.9. The maximum absolute atomic E-state index is 12.6. The number of benzene rings is 2. The second kappa shape index (κ2) is 6.09. The molecule has 1 aliphatic carbocycles. The lowest BCUT2D eigenvalue weighted by Crippen LogP contribution is -2.16. The number of amides is 2. The van der Waals surface area contributed by atoms with Crippen LogP contribution in [0.2, 0.25) is 0 Å². The van der Waals surface area contributed by atoms with Crippen molar-refractivity contribution in [2.45, 2.75) is 13.3 Å². The van der Waals surface area contributed by atoms with Crippen LogP contribution in [-0.4, -0.2) is 16.8 Å². The van der Waals surface area contributed by atoms with Crippen molar-refractivity contribution in [3.8, 4) is 0 Å². The van der Waals surface area contributed by atoms with Crippen LogP contribution in [0.5, 0.6) is 0 Å². The summed E-state index contributed by atoms with van der Waals surface area (Å²) >= 11 is 0. The molecule has 1 fully saturated rings. The standard InChI is InChI=1S/C20H19N3O2/c1-12-10-16(12)20(25)22-14-5-2-4-13(11-14)19(24)23-18-7-3-6-17-15(18)8-9-21-17/h2-9,11-12,16,21H,10H2,1H3,(H,22,25)(H,23,24)/t12-,16+/m0/s1. The Hall–Kier alpha value is -3.08. The molecular formula is C20H19N3O2. The Morgan fingerprint density at radius 1 is 1.08 bits per heavy atom. The second-order valence-corrected chi connectivity index (χ2v) is 6.59. The summed E-state index contributed by atoms with van der Waals surface area (Å²) in [5.41, 5.74) is 2.88. The van der Waals surface area contributed by atoms with Gasteiger partial charge in [0.15, 0.2) is 0 Å². The summed E-state index contributed by atoms with van der Waals surface area (Å²) in [6.07, 6.45) is 2.78. The van der Waals surface area contributed by atoms with Crippen LogP contribution in [0.15, 0.2) is 54.7 Å². The fourth-order valence-corrected chi connectivity index (χ4v) is 3.05. The van der Waals surface area contributed by atoms with Gasteiger partial charge in [-0.2, -0.15) is 0 Å². The molecule has 25 heavy (non-hydrogen) atoms. The van der Waals surface area contributed by atoms with Gasteiger partial charge in [0.25, 0.3) is 5.91 Å². The summed E-state index contributed by atoms with van der Waals surface area (Å²) in [5, 5.41) is 6.79. The number of aromatic nitrogens is 1. The SMILES string of the molecule is C[C@H]1C[C@H]1C(=O)Nc1cccc(C(=O)Nc2cccc3[nH]ccc23)c1. The molecule has 1 aliphatic rings. The number of carbonyl (C=O) groups is 2. The Bertz CT molecular complexity index is 960. The first-order chi connectivity index (χ1) is 12.1. The van der Waals surface area contributed by atoms with Gasteiger partial charge in [-0.1, -0.05) is 19.1 Å². The molecule has 1 heterocycles. The smallest absolute Gasteiger partial charge is 0.255 e. The number of aromatic amines is 1. The molecule has 0 unspecified atom stereocenters. The maximum atomic E-state index is 12.6. The minimum absolute atomic E-state index is 0.0298. The van der Waals surface area contributed by atoms with E-state index < -0.39 is 0 Å². The number of hydrogen-bond acceptors (Lipinski definition) is 2. The molecule has 2 aromatic carbocycles. The van der Waals surface area contributed by atoms with E-state index in [2.05, 4.69) is 22.5 Å². The van der Waals surface area contributed by atoms with Gasteiger partial charge in [-0.3, -0.25) is 9.59 Å². The van der Waals surface area contributed by atoms with Crippen molar-refractivity contribution in [2.24, 2.45) is 11.8 Å². The van der Waals surface area contributed by atoms with Gasteiger partial charge in [-0.05, 0) is 48.7 Å². The molecule has 0 aliphatic heterocycles. The average molecular weight is 333 g/mol. The lowest BCUT2D eigenvalue weighted by atomic mass is 10.1. The highest BCUT2D eigenvalue weighted by Crippen LogP contribution is 2.38. The first-order valence-corrected chi connectivity index (χ1v) is 8.40. The molecule has 0 radical (unpaired) electrons. The Morgan fingerprint density at radius 3 is 2.68 bits per heavy atom. The molecule has 4 rings (SSSR count). The monoisotopic (exact) mass is 333 g/mol. The summed E-state index contributed by atoms with van der Waals surface area (Å²) in [7, 11) is 0. The Morgan fingerprint density at radius 2 is 1.88 bits per heavy atom. The molecular weight excluding hydrogens is 314 g/mol. The van der Waals surface area contributed by atoms with Gasteiger partial charge in [0, 0.05) is 34.3 Å². The average Bonchev–Trinajstić information content (AvgIpc) is 3.15. The van der Waals surface area contributed by atoms with E-state index in [9.17, 15) is 9.59 Å². The van der Waals surface area contributed by atoms with E-state index in [-0.39, 0.29) is 17.7 Å². The van der Waals surface area contributed by atoms with Crippen molar-refractivity contribution >= 4 is 34.1 Å². The van der Waals surface area contributed by atoms with E-state index in [0.717, 1.165) is 23.0 Å². The van der Waals surface area contributed by atoms with Gasteiger partial charge in [0.2, 0.25) is 5.91 Å². The minimum atomic E-state index is -0.204. The normalized spacial score (nSPS) is 18.8. The molecule has 1 aromatic heterocycles. The number of rotatable bonds is 4. The van der Waals surface area contributed by atoms with Crippen LogP contribution in [0.25, 0.3) is 10.9 Å². The number of nitrogens with one attached hydrogen (secondary N) is 3. The molecule has 126 valence electrons. The molecule has 2 amide bonds. The van der Waals surface area contributed by atoms with Crippen molar-refractivity contribution < 1.29 is 9.59 Å². The number of hydrogen-bond donors (Lipinski definition) is 3. The van der Waals surface area contributed by atoms with E-state index in [1.54, 1.807) is 24.3 Å². The van der Waals surface area contributed by atoms with E-state index in [0.29, 0.717) is 17.2 Å². The number of carbonyl (C=O) groups excluding carboxylic acids is 2. The molecule has 3 aromatic rings. The topological polar surface area (TPSA) is 74.0 Å². The molecule has 3 N–H and O–H groups in total. The summed E-state index contributed by atoms with van der Waals surface area (Å²) in [6, 6.07) is 14.7. The van der Waals surface area contributed by atoms with Gasteiger partial charge in [0.1, 0.15) is 0 Å². The van der Waals surface area contributed by atoms with Crippen LogP contribution >= 0.6 is 0 Å². The first kappa shape index (κ1) is 15.4. The number of fused-ring (bicyclic) bond motifs is 1. The van der Waals surface area contributed by atoms with E-state index >= 15 is 0 Å². The molecule has 1 saturated carbocycles. The van der Waals surface area contributed by atoms with Crippen molar-refractivity contribution in [1.82, 2.24) is 4.98 Å². The minimum Gasteiger partial charge on any atom is -0.361 e. The Labute approximate surface area is 145 Å². The fraction of sp³-hybridized carbons (Fsp3) is 0.200. The van der Waals surface area contributed by atoms with Gasteiger partial charge >= 0.3 is 0 Å². The predicted octanol–water partition coefficient (Wildman–Crippen LogP) is 4.01. The Balaban J connectivity index is 1.51. The molecule has 0 spiro atoms. The fourth-order valence-electron chi connectivity index (χ4n) is 3.05. The van der Waals surface area contributed by atoms with E-state index in [1.807, 2.05) is 30.5 Å². The van der Waals surface area contributed by atoms with Crippen LogP contribution < -0.4 is 10.6 Å². The highest BCUT2D eigenvalue weighted by molar-refractivity contribution is 6.09. The van der Waals surface area contributed by atoms with Crippen molar-refractivity contribution in [3.63, 3.8) is 0 Å². The third-order valence-electron chi connectivity index (χ3n) is 4.68. The van der Waals surface area contributed by atoms with Crippen molar-refractivity contribution in [1.29, 1.82) is 0 Å². The third kappa shape index (κ3) is 3.13. The Kier molecular flexibility index (Phi) is 3.76. The lowest BCUT2D eigenvalue weighted by molar-refractivity contribution is -0.117. The number of H-pyrrole nitrogens is 1. The van der Waals surface area contributed by atoms with Gasteiger partial charge in [-0.15, -0.1) is 0 Å². The van der Waals surface area contributed by atoms with Gasteiger partial charge in [0.05, 0.1) is 5.69 Å². The quantitative estimate of drug-likeness (QED) is 0.675. The zero-order valence-corrected chi connectivity index (χ0v) is 13.9. The van der Waals surface area contributed by atoms with Crippen LogP contribution in [0.4, 0.5) is 11.4 Å². The zero-order chi connectivity index (χ0) is 17.4. The van der Waals surface area contributed by atoms with Gasteiger partial charge < -0.3 is 15.6 Å². The maximum Gasteiger partial charge on any atom is 0.255 e. The van der Waals surface area contributed by atoms with E-state index in [4.69, 9.17) is 0 Å². The third-order valence-corrected chi connectivity index (χ3v) is 4.68. The van der Waals surface area contributed by atoms with Crippen molar-refractivity contribution in [3.05, 3.63) is 60.3 Å². The van der Waals surface area contributed by atoms with Crippen LogP contribution in [0, 0.1) is 11.8 Å². The molecule has 2 atom stereocenters. The van der Waals surface area contributed by atoms with E-state index in [1.165, 1.54) is 0 Å². The second-order valence-electron chi connectivity index (χ2n) is 6.59. The van der Waals surface area contributed by atoms with Crippen molar-refractivity contribution in [2.75, 3.05) is 10.6 Å². The molecule has 5 heteroatoms. The summed E-state index contributed by atoms with van der Waals surface area (Å²) < 4.78 is 0. The summed E-state index contributed by atoms with van der Waals surface area (Å²) in [5.74, 6) is 0.378. The largest absolute Gasteiger partial charge is 0.361 e. The van der Waals surface area contributed by atoms with Crippen LogP contribution in [0.3, 0.4) is 0 Å². The predicted molar refractivity (Wildman–Crippen MR) is 98.6 cm³/mol. The van der Waals surface area contributed by atoms with Crippen LogP contribution in [0.1, 0.15) is 23.7 Å². The molecule has 5 nitrogen and oxygen atoms in total. The lowest BCUT2D eigenvalue weighted by Gasteiger charge is -2.09. The molecule has 0 saturated heterocycles. The molecule has 0 bridgehead atoms. The summed E-state index contributed by atoms with van der Waals surface area (Å²) in [6.45, 7) is 2.07. The van der Waals surface area contributed by atoms with Crippen LogP contribution in [-0.2, 0) is 4.79 Å². The van der Waals surface area contributed by atoms with Gasteiger partial charge in [-0.25, -0.2) is 0 Å². The first-order valence-electron chi connectivity index (χ1n) is 8.40. The highest BCUT2D eigenvalue weighted by atomic mass is 16.2.